The van der Waals surface area contributed by atoms with Crippen LogP contribution in [0.5, 0.6) is 17.2 Å². The topological polar surface area (TPSA) is 96.3 Å². The first-order chi connectivity index (χ1) is 15.4. The molecule has 160 valence electrons. The number of carbonyl (C=O) groups excluding carboxylic acids is 2. The van der Waals surface area contributed by atoms with E-state index in [9.17, 15) is 24.2 Å². The Hall–Kier alpha value is -4.33. The molecule has 0 bridgehead atoms. The number of carbonyl (C=O) groups is 2. The summed E-state index contributed by atoms with van der Waals surface area (Å²) in [7, 11) is 0. The number of hydrogen-bond donors (Lipinski definition) is 2. The third-order valence-electron chi connectivity index (χ3n) is 5.39. The molecular formula is C24H16FNO6. The zero-order valence-electron chi connectivity index (χ0n) is 16.5. The fourth-order valence-corrected chi connectivity index (χ4v) is 3.90. The van der Waals surface area contributed by atoms with Gasteiger partial charge in [-0.3, -0.25) is 14.5 Å². The van der Waals surface area contributed by atoms with Crippen LogP contribution < -0.4 is 14.4 Å². The van der Waals surface area contributed by atoms with Crippen LogP contribution in [0, 0.1) is 5.82 Å². The molecule has 1 unspecified atom stereocenters. The van der Waals surface area contributed by atoms with Crippen LogP contribution in [0.1, 0.15) is 17.2 Å². The minimum absolute atomic E-state index is 0.00720. The molecule has 0 aromatic heterocycles. The highest BCUT2D eigenvalue weighted by Gasteiger charge is 2.47. The zero-order chi connectivity index (χ0) is 22.4. The summed E-state index contributed by atoms with van der Waals surface area (Å²) in [5, 5.41) is 20.8. The summed E-state index contributed by atoms with van der Waals surface area (Å²) in [5.74, 6) is -1.92. The number of nitrogens with zero attached hydrogens (tertiary/aromatic N) is 1. The second kappa shape index (κ2) is 7.42. The molecule has 8 heteroatoms. The van der Waals surface area contributed by atoms with Crippen LogP contribution in [0.15, 0.2) is 72.3 Å². The van der Waals surface area contributed by atoms with E-state index in [-0.39, 0.29) is 29.4 Å². The van der Waals surface area contributed by atoms with Gasteiger partial charge in [0.25, 0.3) is 11.7 Å². The lowest BCUT2D eigenvalue weighted by molar-refractivity contribution is -0.132. The number of benzene rings is 3. The van der Waals surface area contributed by atoms with Crippen LogP contribution in [0.2, 0.25) is 0 Å². The minimum Gasteiger partial charge on any atom is -0.508 e. The molecule has 1 saturated heterocycles. The van der Waals surface area contributed by atoms with E-state index in [1.807, 2.05) is 0 Å². The van der Waals surface area contributed by atoms with Crippen molar-refractivity contribution >= 4 is 23.1 Å². The molecular weight excluding hydrogens is 417 g/mol. The van der Waals surface area contributed by atoms with E-state index in [4.69, 9.17) is 9.47 Å². The molecule has 32 heavy (non-hydrogen) atoms. The predicted octanol–water partition coefficient (Wildman–Crippen LogP) is 3.89. The number of fused-ring (bicyclic) bond motifs is 1. The van der Waals surface area contributed by atoms with E-state index in [0.717, 1.165) is 11.0 Å². The van der Waals surface area contributed by atoms with Gasteiger partial charge in [0.2, 0.25) is 6.79 Å². The third-order valence-corrected chi connectivity index (χ3v) is 5.39. The number of halogens is 1. The first kappa shape index (κ1) is 19.6. The number of aliphatic hydroxyl groups is 1. The molecule has 2 heterocycles. The summed E-state index contributed by atoms with van der Waals surface area (Å²) in [4.78, 5) is 27.2. The number of ether oxygens (including phenoxy) is 2. The molecule has 3 aromatic rings. The quantitative estimate of drug-likeness (QED) is 0.370. The minimum atomic E-state index is -1.04. The summed E-state index contributed by atoms with van der Waals surface area (Å²) in [6, 6.07) is 14.8. The van der Waals surface area contributed by atoms with E-state index in [0.29, 0.717) is 17.1 Å². The highest BCUT2D eigenvalue weighted by molar-refractivity contribution is 6.51. The lowest BCUT2D eigenvalue weighted by Gasteiger charge is -2.25. The Morgan fingerprint density at radius 3 is 2.47 bits per heavy atom. The standard InChI is InChI=1S/C24H16FNO6/c25-15-2-1-3-16(11-15)26-21(13-4-7-17(27)8-5-13)20(23(29)24(26)30)22(28)14-6-9-18-19(10-14)32-12-31-18/h1-11,21,27-28H,12H2/b22-20-. The van der Waals surface area contributed by atoms with E-state index >= 15 is 0 Å². The Balaban J connectivity index is 1.71. The fourth-order valence-electron chi connectivity index (χ4n) is 3.90. The molecule has 0 aliphatic carbocycles. The molecule has 2 N–H and O–H groups in total. The molecule has 0 saturated carbocycles. The number of Topliss-reactive ketones (excluding diaryl/α,β-unsaturated/α-hetero) is 1. The van der Waals surface area contributed by atoms with Gasteiger partial charge in [-0.15, -0.1) is 0 Å². The van der Waals surface area contributed by atoms with Crippen molar-refractivity contribution in [2.75, 3.05) is 11.7 Å². The van der Waals surface area contributed by atoms with Crippen molar-refractivity contribution in [1.82, 2.24) is 0 Å². The van der Waals surface area contributed by atoms with E-state index in [2.05, 4.69) is 0 Å². The van der Waals surface area contributed by atoms with Gasteiger partial charge in [0.1, 0.15) is 17.3 Å². The third kappa shape index (κ3) is 3.13. The number of rotatable bonds is 3. The van der Waals surface area contributed by atoms with Gasteiger partial charge in [0.15, 0.2) is 11.5 Å². The van der Waals surface area contributed by atoms with Crippen LogP contribution in [-0.2, 0) is 9.59 Å². The molecule has 3 aromatic carbocycles. The molecule has 1 atom stereocenters. The lowest BCUT2D eigenvalue weighted by Crippen LogP contribution is -2.29. The Bertz CT molecular complexity index is 1280. The fraction of sp³-hybridized carbons (Fsp3) is 0.0833. The molecule has 0 spiro atoms. The molecule has 2 aliphatic rings. The maximum atomic E-state index is 13.9. The van der Waals surface area contributed by atoms with Gasteiger partial charge < -0.3 is 19.7 Å². The van der Waals surface area contributed by atoms with Crippen molar-refractivity contribution in [3.05, 3.63) is 89.2 Å². The average molecular weight is 433 g/mol. The molecule has 2 aliphatic heterocycles. The Morgan fingerprint density at radius 1 is 0.969 bits per heavy atom. The van der Waals surface area contributed by atoms with E-state index < -0.39 is 29.3 Å². The van der Waals surface area contributed by atoms with Crippen LogP contribution in [0.25, 0.3) is 5.76 Å². The zero-order valence-corrected chi connectivity index (χ0v) is 16.5. The summed E-state index contributed by atoms with van der Waals surface area (Å²) < 4.78 is 24.5. The first-order valence-corrected chi connectivity index (χ1v) is 9.69. The van der Waals surface area contributed by atoms with Crippen molar-refractivity contribution in [3.63, 3.8) is 0 Å². The summed E-state index contributed by atoms with van der Waals surface area (Å²) in [5.41, 5.74) is 0.711. The number of aromatic hydroxyl groups is 1. The van der Waals surface area contributed by atoms with Crippen LogP contribution in [0.4, 0.5) is 10.1 Å². The molecule has 1 fully saturated rings. The summed E-state index contributed by atoms with van der Waals surface area (Å²) in [6.07, 6.45) is 0. The Labute approximate surface area is 181 Å². The predicted molar refractivity (Wildman–Crippen MR) is 112 cm³/mol. The van der Waals surface area contributed by atoms with Gasteiger partial charge in [-0.2, -0.15) is 0 Å². The highest BCUT2D eigenvalue weighted by Crippen LogP contribution is 2.43. The van der Waals surface area contributed by atoms with Crippen LogP contribution in [-0.4, -0.2) is 28.7 Å². The smallest absolute Gasteiger partial charge is 0.300 e. The van der Waals surface area contributed by atoms with Crippen LogP contribution in [0.3, 0.4) is 0 Å². The van der Waals surface area contributed by atoms with Gasteiger partial charge in [-0.25, -0.2) is 4.39 Å². The average Bonchev–Trinajstić information content (AvgIpc) is 3.36. The second-order valence-corrected chi connectivity index (χ2v) is 7.31. The van der Waals surface area contributed by atoms with Crippen molar-refractivity contribution < 1.29 is 33.7 Å². The lowest BCUT2D eigenvalue weighted by atomic mass is 9.95. The SMILES string of the molecule is O=C1C(=O)N(c2cccc(F)c2)C(c2ccc(O)cc2)/C1=C(/O)c1ccc2c(c1)OCO2. The van der Waals surface area contributed by atoms with Gasteiger partial charge >= 0.3 is 0 Å². The van der Waals surface area contributed by atoms with Gasteiger partial charge in [-0.05, 0) is 54.1 Å². The largest absolute Gasteiger partial charge is 0.508 e. The maximum absolute atomic E-state index is 13.9. The van der Waals surface area contributed by atoms with Crippen molar-refractivity contribution in [1.29, 1.82) is 0 Å². The molecule has 0 radical (unpaired) electrons. The molecule has 5 rings (SSSR count). The van der Waals surface area contributed by atoms with Crippen molar-refractivity contribution in [2.45, 2.75) is 6.04 Å². The number of hydrogen-bond acceptors (Lipinski definition) is 6. The number of phenols is 1. The highest BCUT2D eigenvalue weighted by atomic mass is 19.1. The normalized spacial score (nSPS) is 18.9. The number of ketones is 1. The van der Waals surface area contributed by atoms with Crippen molar-refractivity contribution in [3.8, 4) is 17.2 Å². The second-order valence-electron chi connectivity index (χ2n) is 7.31. The molecule has 7 nitrogen and oxygen atoms in total. The number of aliphatic hydroxyl groups excluding tert-OH is 1. The monoisotopic (exact) mass is 433 g/mol. The Kier molecular flexibility index (Phi) is 4.55. The van der Waals surface area contributed by atoms with Crippen molar-refractivity contribution in [2.24, 2.45) is 0 Å². The Morgan fingerprint density at radius 2 is 1.72 bits per heavy atom. The number of anilines is 1. The number of amides is 1. The van der Waals surface area contributed by atoms with Crippen LogP contribution >= 0.6 is 0 Å². The molecule has 1 amide bonds. The summed E-state index contributed by atoms with van der Waals surface area (Å²) >= 11 is 0. The van der Waals surface area contributed by atoms with Gasteiger partial charge in [0.05, 0.1) is 11.6 Å². The first-order valence-electron chi connectivity index (χ1n) is 9.69. The number of phenolic OH excluding ortho intramolecular Hbond substituents is 1. The van der Waals surface area contributed by atoms with E-state index in [1.165, 1.54) is 48.5 Å². The van der Waals surface area contributed by atoms with Gasteiger partial charge in [-0.1, -0.05) is 18.2 Å². The van der Waals surface area contributed by atoms with E-state index in [1.54, 1.807) is 12.1 Å². The summed E-state index contributed by atoms with van der Waals surface area (Å²) in [6.45, 7) is 0.0387. The maximum Gasteiger partial charge on any atom is 0.300 e. The van der Waals surface area contributed by atoms with Gasteiger partial charge in [0, 0.05) is 11.3 Å².